The molecule has 2 fully saturated rings. The second kappa shape index (κ2) is 13.5. The van der Waals surface area contributed by atoms with E-state index >= 15 is 4.39 Å². The molecule has 5 rings (SSSR count). The molecule has 2 bridgehead atoms. The number of anilines is 1. The summed E-state index contributed by atoms with van der Waals surface area (Å²) >= 11 is 0. The third-order valence-electron chi connectivity index (χ3n) is 8.97. The Morgan fingerprint density at radius 2 is 1.67 bits per heavy atom. The fourth-order valence-corrected chi connectivity index (χ4v) is 7.50. The van der Waals surface area contributed by atoms with Gasteiger partial charge in [0, 0.05) is 29.8 Å². The van der Waals surface area contributed by atoms with Gasteiger partial charge in [0.15, 0.2) is 0 Å². The van der Waals surface area contributed by atoms with E-state index < -0.39 is 55.8 Å². The number of fused-ring (bicyclic) bond motifs is 2. The first-order valence-corrected chi connectivity index (χ1v) is 16.4. The Labute approximate surface area is 273 Å². The summed E-state index contributed by atoms with van der Waals surface area (Å²) in [5, 5.41) is 14.5. The minimum Gasteiger partial charge on any atom is -0.496 e. The molecule has 256 valence electrons. The summed E-state index contributed by atoms with van der Waals surface area (Å²) in [6, 6.07) is 10.3. The number of carbonyl (C=O) groups excluding carboxylic acids is 2. The van der Waals surface area contributed by atoms with Gasteiger partial charge in [0.2, 0.25) is 5.91 Å². The summed E-state index contributed by atoms with van der Waals surface area (Å²) in [4.78, 5) is 37.3. The van der Waals surface area contributed by atoms with Gasteiger partial charge in [-0.3, -0.25) is 14.4 Å². The van der Waals surface area contributed by atoms with Gasteiger partial charge < -0.3 is 25.2 Å². The Morgan fingerprint density at radius 1 is 0.958 bits per heavy atom. The standard InChI is InChI=1S/C33H32F4N2O8S/c1-46-26-13-18(7-6-17(26)10-11-28(40)41)23-15-24(27(47-2)16-25(23)34)31(42)39-30-20-9-8-19(12-20)29(30)32(43)38-21-4-3-5-22(14-21)48(44,45)33(35,36)37/h3-7,13-16,19-20,29-30H,8-12H2,1-2H3,(H,38,43)(H,39,42)(H,40,41). The van der Waals surface area contributed by atoms with Crippen molar-refractivity contribution in [1.82, 2.24) is 5.32 Å². The van der Waals surface area contributed by atoms with Crippen molar-refractivity contribution in [2.24, 2.45) is 17.8 Å². The highest BCUT2D eigenvalue weighted by Crippen LogP contribution is 2.49. The molecule has 0 aliphatic heterocycles. The fourth-order valence-electron chi connectivity index (χ4n) is 6.69. The minimum atomic E-state index is -5.64. The molecule has 2 saturated carbocycles. The van der Waals surface area contributed by atoms with Crippen LogP contribution in [0.1, 0.15) is 41.6 Å². The Hall–Kier alpha value is -4.66. The number of nitrogens with one attached hydrogen (secondary N) is 2. The highest BCUT2D eigenvalue weighted by Gasteiger charge is 2.52. The number of amides is 2. The van der Waals surface area contributed by atoms with Crippen molar-refractivity contribution in [1.29, 1.82) is 0 Å². The predicted molar refractivity (Wildman–Crippen MR) is 165 cm³/mol. The van der Waals surface area contributed by atoms with Crippen molar-refractivity contribution < 1.29 is 54.9 Å². The van der Waals surface area contributed by atoms with E-state index in [1.807, 2.05) is 0 Å². The molecule has 2 aliphatic rings. The number of alkyl halides is 3. The average Bonchev–Trinajstić information content (AvgIpc) is 3.65. The van der Waals surface area contributed by atoms with Crippen molar-refractivity contribution in [2.45, 2.75) is 48.5 Å². The number of aryl methyl sites for hydroxylation is 1. The molecular formula is C33H32F4N2O8S. The van der Waals surface area contributed by atoms with Crippen LogP contribution in [0.5, 0.6) is 11.5 Å². The zero-order valence-corrected chi connectivity index (χ0v) is 26.6. The third kappa shape index (κ3) is 6.82. The molecule has 4 unspecified atom stereocenters. The topological polar surface area (TPSA) is 148 Å². The third-order valence-corrected chi connectivity index (χ3v) is 10.5. The number of aliphatic carboxylic acids is 1. The molecule has 10 nitrogen and oxygen atoms in total. The SMILES string of the molecule is COc1cc(-c2cc(C(=O)NC3C4CCC(C4)C3C(=O)Nc3cccc(S(=O)(=O)C(F)(F)F)c3)c(OC)cc2F)ccc1CCC(=O)O. The van der Waals surface area contributed by atoms with Crippen LogP contribution in [-0.2, 0) is 25.8 Å². The summed E-state index contributed by atoms with van der Waals surface area (Å²) in [5.74, 6) is -3.64. The van der Waals surface area contributed by atoms with E-state index in [0.717, 1.165) is 30.7 Å². The van der Waals surface area contributed by atoms with Gasteiger partial charge in [-0.2, -0.15) is 13.2 Å². The molecular weight excluding hydrogens is 660 g/mol. The largest absolute Gasteiger partial charge is 0.501 e. The molecule has 48 heavy (non-hydrogen) atoms. The smallest absolute Gasteiger partial charge is 0.496 e. The number of hydrogen-bond donors (Lipinski definition) is 3. The number of hydrogen-bond acceptors (Lipinski definition) is 7. The number of rotatable bonds is 11. The number of carbonyl (C=O) groups is 3. The lowest BCUT2D eigenvalue weighted by Crippen LogP contribution is -2.48. The predicted octanol–water partition coefficient (Wildman–Crippen LogP) is 5.60. The first-order chi connectivity index (χ1) is 22.6. The number of ether oxygens (including phenoxy) is 2. The van der Waals surface area contributed by atoms with Crippen LogP contribution in [0.4, 0.5) is 23.2 Å². The quantitative estimate of drug-likeness (QED) is 0.220. The van der Waals surface area contributed by atoms with Crippen molar-refractivity contribution in [3.63, 3.8) is 0 Å². The van der Waals surface area contributed by atoms with E-state index in [9.17, 15) is 36.0 Å². The van der Waals surface area contributed by atoms with Gasteiger partial charge >= 0.3 is 11.5 Å². The monoisotopic (exact) mass is 692 g/mol. The van der Waals surface area contributed by atoms with Crippen LogP contribution in [0.3, 0.4) is 0 Å². The van der Waals surface area contributed by atoms with Crippen LogP contribution in [0, 0.1) is 23.6 Å². The summed E-state index contributed by atoms with van der Waals surface area (Å²) < 4.78 is 89.2. The van der Waals surface area contributed by atoms with Crippen LogP contribution >= 0.6 is 0 Å². The minimum absolute atomic E-state index is 0.0187. The van der Waals surface area contributed by atoms with Gasteiger partial charge in [-0.15, -0.1) is 0 Å². The maximum absolute atomic E-state index is 15.3. The Morgan fingerprint density at radius 3 is 2.33 bits per heavy atom. The van der Waals surface area contributed by atoms with Gasteiger partial charge in [0.1, 0.15) is 17.3 Å². The first kappa shape index (κ1) is 34.7. The highest BCUT2D eigenvalue weighted by molar-refractivity contribution is 7.92. The van der Waals surface area contributed by atoms with E-state index in [1.54, 1.807) is 12.1 Å². The molecule has 0 saturated heterocycles. The van der Waals surface area contributed by atoms with Crippen LogP contribution in [0.25, 0.3) is 11.1 Å². The molecule has 0 spiro atoms. The highest BCUT2D eigenvalue weighted by atomic mass is 32.2. The van der Waals surface area contributed by atoms with E-state index in [4.69, 9.17) is 14.6 Å². The molecule has 3 aromatic carbocycles. The van der Waals surface area contributed by atoms with Gasteiger partial charge in [-0.1, -0.05) is 18.2 Å². The number of carboxylic acids is 1. The van der Waals surface area contributed by atoms with Crippen molar-refractivity contribution in [3.8, 4) is 22.6 Å². The summed E-state index contributed by atoms with van der Waals surface area (Å²) in [7, 11) is -2.97. The lowest BCUT2D eigenvalue weighted by molar-refractivity contribution is -0.137. The summed E-state index contributed by atoms with van der Waals surface area (Å²) in [6.45, 7) is 0. The first-order valence-electron chi connectivity index (χ1n) is 14.9. The number of benzene rings is 3. The number of methoxy groups -OCH3 is 2. The second-order valence-electron chi connectivity index (χ2n) is 11.8. The van der Waals surface area contributed by atoms with E-state index in [0.29, 0.717) is 29.7 Å². The molecule has 0 heterocycles. The molecule has 15 heteroatoms. The van der Waals surface area contributed by atoms with Crippen molar-refractivity contribution in [2.75, 3.05) is 19.5 Å². The lowest BCUT2D eigenvalue weighted by atomic mass is 9.83. The van der Waals surface area contributed by atoms with E-state index in [1.165, 1.54) is 32.4 Å². The van der Waals surface area contributed by atoms with Crippen LogP contribution < -0.4 is 20.1 Å². The zero-order valence-electron chi connectivity index (χ0n) is 25.8. The fraction of sp³-hybridized carbons (Fsp3) is 0.364. The number of sulfone groups is 1. The van der Waals surface area contributed by atoms with Crippen molar-refractivity contribution >= 4 is 33.3 Å². The molecule has 4 atom stereocenters. The number of halogens is 4. The van der Waals surface area contributed by atoms with E-state index in [2.05, 4.69) is 10.6 Å². The summed E-state index contributed by atoms with van der Waals surface area (Å²) in [5.41, 5.74) is -4.69. The van der Waals surface area contributed by atoms with E-state index in [-0.39, 0.29) is 47.2 Å². The summed E-state index contributed by atoms with van der Waals surface area (Å²) in [6.07, 6.45) is 2.08. The Bertz CT molecular complexity index is 1860. The maximum Gasteiger partial charge on any atom is 0.501 e. The maximum atomic E-state index is 15.3. The van der Waals surface area contributed by atoms with Gasteiger partial charge in [-0.05, 0) is 79.0 Å². The molecule has 3 aromatic rings. The zero-order chi connectivity index (χ0) is 35.0. The van der Waals surface area contributed by atoms with Crippen molar-refractivity contribution in [3.05, 3.63) is 71.5 Å². The molecule has 2 amide bonds. The molecule has 0 aromatic heterocycles. The van der Waals surface area contributed by atoms with Gasteiger partial charge in [-0.25, -0.2) is 12.8 Å². The normalized spacial score (nSPS) is 20.3. The number of carboxylic acid groups (broad SMARTS) is 1. The van der Waals surface area contributed by atoms with Gasteiger partial charge in [0.25, 0.3) is 15.7 Å². The Balaban J connectivity index is 1.40. The van der Waals surface area contributed by atoms with Crippen LogP contribution in [-0.4, -0.2) is 57.1 Å². The average molecular weight is 693 g/mol. The van der Waals surface area contributed by atoms with Crippen LogP contribution in [0.15, 0.2) is 59.5 Å². The molecule has 3 N–H and O–H groups in total. The lowest BCUT2D eigenvalue weighted by Gasteiger charge is -2.31. The Kier molecular flexibility index (Phi) is 9.72. The molecule has 0 radical (unpaired) electrons. The molecule has 2 aliphatic carbocycles. The second-order valence-corrected chi connectivity index (χ2v) is 13.7. The van der Waals surface area contributed by atoms with Crippen LogP contribution in [0.2, 0.25) is 0 Å². The van der Waals surface area contributed by atoms with Gasteiger partial charge in [0.05, 0.1) is 30.6 Å².